The van der Waals surface area contributed by atoms with Gasteiger partial charge in [0.1, 0.15) is 0 Å². The molecule has 0 bridgehead atoms. The molecule has 106 valence electrons. The molecule has 0 aliphatic rings. The van der Waals surface area contributed by atoms with E-state index in [1.54, 1.807) is 4.90 Å². The Kier molecular flexibility index (Phi) is 5.87. The summed E-state index contributed by atoms with van der Waals surface area (Å²) in [6, 6.07) is 4.28. The van der Waals surface area contributed by atoms with Crippen molar-refractivity contribution in [1.82, 2.24) is 4.90 Å². The minimum Gasteiger partial charge on any atom is -0.376 e. The zero-order valence-corrected chi connectivity index (χ0v) is 12.8. The van der Waals surface area contributed by atoms with E-state index in [9.17, 15) is 4.79 Å². The van der Waals surface area contributed by atoms with E-state index in [0.29, 0.717) is 6.54 Å². The van der Waals surface area contributed by atoms with Gasteiger partial charge in [0.25, 0.3) is 0 Å². The average Bonchev–Trinajstić information content (AvgIpc) is 2.34. The molecule has 0 aliphatic carbocycles. The summed E-state index contributed by atoms with van der Waals surface area (Å²) in [6.45, 7) is 9.58. The first kappa shape index (κ1) is 15.5. The van der Waals surface area contributed by atoms with Crippen LogP contribution < -0.4 is 5.32 Å². The zero-order valence-electron chi connectivity index (χ0n) is 12.8. The Morgan fingerprint density at radius 2 is 1.79 bits per heavy atom. The molecule has 19 heavy (non-hydrogen) atoms. The highest BCUT2D eigenvalue weighted by molar-refractivity contribution is 5.81. The molecule has 0 aromatic heterocycles. The molecule has 1 aromatic carbocycles. The van der Waals surface area contributed by atoms with Crippen LogP contribution in [0.25, 0.3) is 0 Å². The van der Waals surface area contributed by atoms with Gasteiger partial charge in [-0.3, -0.25) is 4.79 Å². The largest absolute Gasteiger partial charge is 0.376 e. The average molecular weight is 262 g/mol. The number of benzene rings is 1. The Bertz CT molecular complexity index is 417. The highest BCUT2D eigenvalue weighted by Gasteiger charge is 2.09. The van der Waals surface area contributed by atoms with E-state index < -0.39 is 0 Å². The van der Waals surface area contributed by atoms with Gasteiger partial charge in [-0.25, -0.2) is 0 Å². The minimum atomic E-state index is 0.146. The fourth-order valence-electron chi connectivity index (χ4n) is 2.28. The number of aryl methyl sites for hydroxylation is 3. The molecule has 3 nitrogen and oxygen atoms in total. The van der Waals surface area contributed by atoms with Crippen LogP contribution in [-0.4, -0.2) is 30.9 Å². The minimum absolute atomic E-state index is 0.146. The number of hydrogen-bond acceptors (Lipinski definition) is 2. The van der Waals surface area contributed by atoms with E-state index in [0.717, 1.165) is 25.1 Å². The number of hydrogen-bond donors (Lipinski definition) is 1. The summed E-state index contributed by atoms with van der Waals surface area (Å²) in [5, 5.41) is 3.27. The van der Waals surface area contributed by atoms with Crippen molar-refractivity contribution in [3.8, 4) is 0 Å². The normalized spacial score (nSPS) is 10.4. The molecular weight excluding hydrogens is 236 g/mol. The fraction of sp³-hybridized carbons (Fsp3) is 0.562. The zero-order chi connectivity index (χ0) is 14.4. The summed E-state index contributed by atoms with van der Waals surface area (Å²) in [5.41, 5.74) is 4.73. The number of rotatable bonds is 6. The van der Waals surface area contributed by atoms with Crippen LogP contribution in [0.5, 0.6) is 0 Å². The molecule has 1 amide bonds. The number of nitrogens with one attached hydrogen (secondary N) is 1. The standard InChI is InChI=1S/C16H26N2O/c1-6-7-8-18(5)15(19)11-17-16-13(3)9-12(2)10-14(16)4/h9-10,17H,6-8,11H2,1-5H3. The van der Waals surface area contributed by atoms with Crippen LogP contribution in [0.4, 0.5) is 5.69 Å². The SMILES string of the molecule is CCCCN(C)C(=O)CNc1c(C)cc(C)cc1C. The van der Waals surface area contributed by atoms with Gasteiger partial charge >= 0.3 is 0 Å². The maximum Gasteiger partial charge on any atom is 0.241 e. The second-order valence-electron chi connectivity index (χ2n) is 5.30. The molecule has 1 rings (SSSR count). The van der Waals surface area contributed by atoms with Crippen molar-refractivity contribution in [2.75, 3.05) is 25.5 Å². The molecule has 3 heteroatoms. The Balaban J connectivity index is 2.60. The van der Waals surface area contributed by atoms with E-state index >= 15 is 0 Å². The van der Waals surface area contributed by atoms with Crippen LogP contribution in [0, 0.1) is 20.8 Å². The van der Waals surface area contributed by atoms with Crippen molar-refractivity contribution in [3.05, 3.63) is 28.8 Å². The number of carbonyl (C=O) groups is 1. The van der Waals surface area contributed by atoms with E-state index in [2.05, 4.69) is 45.1 Å². The topological polar surface area (TPSA) is 32.3 Å². The highest BCUT2D eigenvalue weighted by atomic mass is 16.2. The van der Waals surface area contributed by atoms with Crippen LogP contribution in [0.3, 0.4) is 0 Å². The highest BCUT2D eigenvalue weighted by Crippen LogP contribution is 2.21. The number of likely N-dealkylation sites (N-methyl/N-ethyl adjacent to an activating group) is 1. The molecule has 0 heterocycles. The summed E-state index contributed by atoms with van der Waals surface area (Å²) in [4.78, 5) is 13.8. The van der Waals surface area contributed by atoms with Crippen LogP contribution in [0.2, 0.25) is 0 Å². The second-order valence-corrected chi connectivity index (χ2v) is 5.30. The summed E-state index contributed by atoms with van der Waals surface area (Å²) >= 11 is 0. The van der Waals surface area contributed by atoms with Crippen LogP contribution >= 0.6 is 0 Å². The molecule has 0 aliphatic heterocycles. The predicted molar refractivity (Wildman–Crippen MR) is 81.7 cm³/mol. The van der Waals surface area contributed by atoms with Crippen molar-refractivity contribution >= 4 is 11.6 Å². The van der Waals surface area contributed by atoms with E-state index in [-0.39, 0.29) is 5.91 Å². The van der Waals surface area contributed by atoms with Crippen LogP contribution in [0.1, 0.15) is 36.5 Å². The summed E-state index contributed by atoms with van der Waals surface area (Å²) in [6.07, 6.45) is 2.17. The lowest BCUT2D eigenvalue weighted by molar-refractivity contribution is -0.128. The lowest BCUT2D eigenvalue weighted by Gasteiger charge is -2.19. The van der Waals surface area contributed by atoms with Crippen LogP contribution in [0.15, 0.2) is 12.1 Å². The monoisotopic (exact) mass is 262 g/mol. The third-order valence-corrected chi connectivity index (χ3v) is 3.37. The number of amides is 1. The Hall–Kier alpha value is -1.51. The van der Waals surface area contributed by atoms with Gasteiger partial charge in [-0.15, -0.1) is 0 Å². The molecule has 1 aromatic rings. The third-order valence-electron chi connectivity index (χ3n) is 3.37. The van der Waals surface area contributed by atoms with Gasteiger partial charge in [-0.2, -0.15) is 0 Å². The van der Waals surface area contributed by atoms with Gasteiger partial charge in [0, 0.05) is 19.3 Å². The van der Waals surface area contributed by atoms with Gasteiger partial charge in [-0.05, 0) is 38.3 Å². The van der Waals surface area contributed by atoms with E-state index in [4.69, 9.17) is 0 Å². The maximum absolute atomic E-state index is 12.0. The first-order valence-corrected chi connectivity index (χ1v) is 7.01. The predicted octanol–water partition coefficient (Wildman–Crippen LogP) is 3.28. The number of carbonyl (C=O) groups excluding carboxylic acids is 1. The Labute approximate surface area is 117 Å². The van der Waals surface area contributed by atoms with Crippen molar-refractivity contribution in [2.45, 2.75) is 40.5 Å². The molecule has 0 saturated heterocycles. The van der Waals surface area contributed by atoms with Gasteiger partial charge in [0.2, 0.25) is 5.91 Å². The fourth-order valence-corrected chi connectivity index (χ4v) is 2.28. The third kappa shape index (κ3) is 4.58. The lowest BCUT2D eigenvalue weighted by Crippen LogP contribution is -2.33. The van der Waals surface area contributed by atoms with E-state index in [1.807, 2.05) is 7.05 Å². The van der Waals surface area contributed by atoms with Crippen molar-refractivity contribution in [2.24, 2.45) is 0 Å². The van der Waals surface area contributed by atoms with Crippen molar-refractivity contribution in [3.63, 3.8) is 0 Å². The lowest BCUT2D eigenvalue weighted by atomic mass is 10.1. The smallest absolute Gasteiger partial charge is 0.241 e. The Morgan fingerprint density at radius 3 is 2.32 bits per heavy atom. The number of unbranched alkanes of at least 4 members (excludes halogenated alkanes) is 1. The summed E-state index contributed by atoms with van der Waals surface area (Å²) < 4.78 is 0. The Morgan fingerprint density at radius 1 is 1.21 bits per heavy atom. The molecule has 0 spiro atoms. The van der Waals surface area contributed by atoms with Crippen molar-refractivity contribution < 1.29 is 4.79 Å². The second kappa shape index (κ2) is 7.17. The number of anilines is 1. The van der Waals surface area contributed by atoms with Gasteiger partial charge in [0.05, 0.1) is 6.54 Å². The van der Waals surface area contributed by atoms with Gasteiger partial charge < -0.3 is 10.2 Å². The molecule has 0 radical (unpaired) electrons. The molecular formula is C16H26N2O. The van der Waals surface area contributed by atoms with Gasteiger partial charge in [-0.1, -0.05) is 31.0 Å². The molecule has 0 saturated carbocycles. The van der Waals surface area contributed by atoms with Crippen molar-refractivity contribution in [1.29, 1.82) is 0 Å². The quantitative estimate of drug-likeness (QED) is 0.853. The molecule has 0 fully saturated rings. The molecule has 1 N–H and O–H groups in total. The maximum atomic E-state index is 12.0. The summed E-state index contributed by atoms with van der Waals surface area (Å²) in [5.74, 6) is 0.146. The van der Waals surface area contributed by atoms with Gasteiger partial charge in [0.15, 0.2) is 0 Å². The van der Waals surface area contributed by atoms with E-state index in [1.165, 1.54) is 16.7 Å². The van der Waals surface area contributed by atoms with Crippen LogP contribution in [-0.2, 0) is 4.79 Å². The molecule has 0 unspecified atom stereocenters. The molecule has 0 atom stereocenters. The first-order chi connectivity index (χ1) is 8.95. The first-order valence-electron chi connectivity index (χ1n) is 7.01. The number of nitrogens with zero attached hydrogens (tertiary/aromatic N) is 1. The summed E-state index contributed by atoms with van der Waals surface area (Å²) in [7, 11) is 1.87.